The average Bonchev–Trinajstić information content (AvgIpc) is 2.97. The molecule has 0 atom stereocenters. The van der Waals surface area contributed by atoms with Crippen LogP contribution in [-0.2, 0) is 0 Å². The molecule has 2 aromatic carbocycles. The van der Waals surface area contributed by atoms with Crippen LogP contribution in [0.4, 0.5) is 0 Å². The van der Waals surface area contributed by atoms with Gasteiger partial charge in [-0.1, -0.05) is 59.6 Å². The normalized spacial score (nSPS) is 10.6. The summed E-state index contributed by atoms with van der Waals surface area (Å²) in [7, 11) is 0. The van der Waals surface area contributed by atoms with Gasteiger partial charge >= 0.3 is 0 Å². The molecule has 0 unspecified atom stereocenters. The molecule has 0 aliphatic carbocycles. The molecule has 3 rings (SSSR count). The number of carbonyl (C=O) groups excluding carboxylic acids is 1. The van der Waals surface area contributed by atoms with Gasteiger partial charge < -0.3 is 0 Å². The van der Waals surface area contributed by atoms with Crippen molar-refractivity contribution in [3.8, 4) is 11.3 Å². The summed E-state index contributed by atoms with van der Waals surface area (Å²) in [6, 6.07) is 14.6. The molecule has 0 aliphatic heterocycles. The summed E-state index contributed by atoms with van der Waals surface area (Å²) < 4.78 is 1.38. The first-order valence-electron chi connectivity index (χ1n) is 6.25. The predicted octanol–water partition coefficient (Wildman–Crippen LogP) is 4.55. The van der Waals surface area contributed by atoms with Crippen molar-refractivity contribution < 1.29 is 4.79 Å². The van der Waals surface area contributed by atoms with E-state index in [4.69, 9.17) is 23.2 Å². The summed E-state index contributed by atoms with van der Waals surface area (Å²) in [5.41, 5.74) is 1.93. The van der Waals surface area contributed by atoms with E-state index in [2.05, 4.69) is 4.98 Å². The van der Waals surface area contributed by atoms with Crippen molar-refractivity contribution in [3.63, 3.8) is 0 Å². The van der Waals surface area contributed by atoms with Crippen molar-refractivity contribution in [3.05, 3.63) is 76.7 Å². The number of carbonyl (C=O) groups is 1. The minimum absolute atomic E-state index is 0.276. The zero-order valence-electron chi connectivity index (χ0n) is 10.8. The Morgan fingerprint density at radius 3 is 2.29 bits per heavy atom. The fourth-order valence-corrected chi connectivity index (χ4v) is 2.58. The van der Waals surface area contributed by atoms with Gasteiger partial charge in [0.05, 0.1) is 21.3 Å². The molecule has 0 saturated heterocycles. The van der Waals surface area contributed by atoms with Crippen LogP contribution in [0, 0.1) is 0 Å². The van der Waals surface area contributed by atoms with E-state index < -0.39 is 0 Å². The Bertz CT molecular complexity index is 777. The van der Waals surface area contributed by atoms with Crippen molar-refractivity contribution in [2.75, 3.05) is 0 Å². The van der Waals surface area contributed by atoms with Crippen molar-refractivity contribution in [1.82, 2.24) is 9.55 Å². The Labute approximate surface area is 131 Å². The summed E-state index contributed by atoms with van der Waals surface area (Å²) in [6.45, 7) is 0. The SMILES string of the molecule is O=C(c1c(Cl)cccc1Cl)n1cnc(-c2ccccc2)c1. The molecular formula is C16H10Cl2N2O. The van der Waals surface area contributed by atoms with Gasteiger partial charge in [0, 0.05) is 11.8 Å². The zero-order chi connectivity index (χ0) is 14.8. The molecule has 0 spiro atoms. The second-order valence-corrected chi connectivity index (χ2v) is 5.25. The van der Waals surface area contributed by atoms with Crippen LogP contribution in [0.3, 0.4) is 0 Å². The maximum atomic E-state index is 12.5. The number of benzene rings is 2. The summed E-state index contributed by atoms with van der Waals surface area (Å²) >= 11 is 12.1. The summed E-state index contributed by atoms with van der Waals surface area (Å²) in [5.74, 6) is -0.305. The van der Waals surface area contributed by atoms with E-state index in [0.717, 1.165) is 5.56 Å². The van der Waals surface area contributed by atoms with Crippen LogP contribution in [0.15, 0.2) is 61.1 Å². The first-order valence-corrected chi connectivity index (χ1v) is 7.00. The number of nitrogens with zero attached hydrogens (tertiary/aromatic N) is 2. The van der Waals surface area contributed by atoms with Gasteiger partial charge in [0.2, 0.25) is 0 Å². The highest BCUT2D eigenvalue weighted by atomic mass is 35.5. The number of aromatic nitrogens is 2. The highest BCUT2D eigenvalue weighted by Crippen LogP contribution is 2.26. The van der Waals surface area contributed by atoms with E-state index in [1.807, 2.05) is 30.3 Å². The molecule has 3 aromatic rings. The first kappa shape index (κ1) is 13.9. The molecule has 0 bridgehead atoms. The molecule has 0 fully saturated rings. The van der Waals surface area contributed by atoms with E-state index in [0.29, 0.717) is 15.7 Å². The van der Waals surface area contributed by atoms with Crippen molar-refractivity contribution >= 4 is 29.1 Å². The van der Waals surface area contributed by atoms with Gasteiger partial charge in [-0.25, -0.2) is 4.98 Å². The highest BCUT2D eigenvalue weighted by Gasteiger charge is 2.17. The Morgan fingerprint density at radius 2 is 1.62 bits per heavy atom. The van der Waals surface area contributed by atoms with Crippen LogP contribution in [0.1, 0.15) is 10.4 Å². The quantitative estimate of drug-likeness (QED) is 0.695. The minimum Gasteiger partial charge on any atom is -0.271 e. The lowest BCUT2D eigenvalue weighted by Gasteiger charge is -2.05. The van der Waals surface area contributed by atoms with Crippen LogP contribution in [-0.4, -0.2) is 15.5 Å². The molecule has 0 saturated carbocycles. The summed E-state index contributed by atoms with van der Waals surface area (Å²) in [5, 5.41) is 0.643. The first-order chi connectivity index (χ1) is 10.2. The smallest absolute Gasteiger partial charge is 0.266 e. The van der Waals surface area contributed by atoms with Gasteiger partial charge in [-0.2, -0.15) is 0 Å². The Balaban J connectivity index is 1.99. The molecule has 0 amide bonds. The van der Waals surface area contributed by atoms with E-state index in [-0.39, 0.29) is 11.5 Å². The number of imidazole rings is 1. The molecule has 1 aromatic heterocycles. The molecule has 0 radical (unpaired) electrons. The van der Waals surface area contributed by atoms with Crippen molar-refractivity contribution in [2.24, 2.45) is 0 Å². The van der Waals surface area contributed by atoms with Crippen LogP contribution < -0.4 is 0 Å². The molecule has 0 aliphatic rings. The average molecular weight is 317 g/mol. The lowest BCUT2D eigenvalue weighted by atomic mass is 10.2. The van der Waals surface area contributed by atoms with Crippen LogP contribution in [0.25, 0.3) is 11.3 Å². The second-order valence-electron chi connectivity index (χ2n) is 4.43. The largest absolute Gasteiger partial charge is 0.271 e. The maximum Gasteiger partial charge on any atom is 0.266 e. The molecule has 104 valence electrons. The Morgan fingerprint density at radius 1 is 0.952 bits per heavy atom. The monoisotopic (exact) mass is 316 g/mol. The topological polar surface area (TPSA) is 34.9 Å². The van der Waals surface area contributed by atoms with Gasteiger partial charge in [-0.15, -0.1) is 0 Å². The van der Waals surface area contributed by atoms with Crippen LogP contribution >= 0.6 is 23.2 Å². The number of halogens is 2. The van der Waals surface area contributed by atoms with Crippen LogP contribution in [0.5, 0.6) is 0 Å². The van der Waals surface area contributed by atoms with Gasteiger partial charge in [-0.05, 0) is 12.1 Å². The Kier molecular flexibility index (Phi) is 3.78. The van der Waals surface area contributed by atoms with Gasteiger partial charge in [0.25, 0.3) is 5.91 Å². The van der Waals surface area contributed by atoms with Crippen molar-refractivity contribution in [1.29, 1.82) is 0 Å². The van der Waals surface area contributed by atoms with E-state index in [1.54, 1.807) is 24.4 Å². The third kappa shape index (κ3) is 2.71. The van der Waals surface area contributed by atoms with Gasteiger partial charge in [0.1, 0.15) is 6.33 Å². The summed E-state index contributed by atoms with van der Waals surface area (Å²) in [4.78, 5) is 16.7. The fraction of sp³-hybridized carbons (Fsp3) is 0. The van der Waals surface area contributed by atoms with Crippen molar-refractivity contribution in [2.45, 2.75) is 0 Å². The number of hydrogen-bond donors (Lipinski definition) is 0. The molecule has 21 heavy (non-hydrogen) atoms. The third-order valence-electron chi connectivity index (χ3n) is 3.06. The van der Waals surface area contributed by atoms with Gasteiger partial charge in [0.15, 0.2) is 0 Å². The second kappa shape index (κ2) is 5.72. The minimum atomic E-state index is -0.305. The molecule has 5 heteroatoms. The lowest BCUT2D eigenvalue weighted by molar-refractivity contribution is 0.0960. The molecule has 3 nitrogen and oxygen atoms in total. The third-order valence-corrected chi connectivity index (χ3v) is 3.69. The lowest BCUT2D eigenvalue weighted by Crippen LogP contribution is -2.11. The molecule has 1 heterocycles. The highest BCUT2D eigenvalue weighted by molar-refractivity contribution is 6.39. The fourth-order valence-electron chi connectivity index (χ4n) is 2.02. The number of hydrogen-bond acceptors (Lipinski definition) is 2. The van der Waals surface area contributed by atoms with E-state index in [9.17, 15) is 4.79 Å². The predicted molar refractivity (Wildman–Crippen MR) is 83.9 cm³/mol. The van der Waals surface area contributed by atoms with E-state index >= 15 is 0 Å². The Hall–Kier alpha value is -2.10. The van der Waals surface area contributed by atoms with Crippen LogP contribution in [0.2, 0.25) is 10.0 Å². The molecule has 0 N–H and O–H groups in total. The standard InChI is InChI=1S/C16H10Cl2N2O/c17-12-7-4-8-13(18)15(12)16(21)20-9-14(19-10-20)11-5-2-1-3-6-11/h1-10H. The van der Waals surface area contributed by atoms with E-state index in [1.165, 1.54) is 10.9 Å². The molecular weight excluding hydrogens is 307 g/mol. The van der Waals surface area contributed by atoms with Gasteiger partial charge in [-0.3, -0.25) is 9.36 Å². The zero-order valence-corrected chi connectivity index (χ0v) is 12.3. The summed E-state index contributed by atoms with van der Waals surface area (Å²) in [6.07, 6.45) is 3.13. The number of rotatable bonds is 2. The maximum absolute atomic E-state index is 12.5.